The molecule has 19 heavy (non-hydrogen) atoms. The summed E-state index contributed by atoms with van der Waals surface area (Å²) in [6, 6.07) is 1.41. The van der Waals surface area contributed by atoms with E-state index in [4.69, 9.17) is 0 Å². The second-order valence-corrected chi connectivity index (χ2v) is 6.93. The highest BCUT2D eigenvalue weighted by molar-refractivity contribution is 4.99. The average molecular weight is 268 g/mol. The van der Waals surface area contributed by atoms with Gasteiger partial charge in [-0.1, -0.05) is 41.0 Å². The van der Waals surface area contributed by atoms with Gasteiger partial charge in [0.05, 0.1) is 0 Å². The number of nitrogens with zero attached hydrogens (tertiary/aromatic N) is 1. The smallest absolute Gasteiger partial charge is 0.0332 e. The number of rotatable bonds is 7. The van der Waals surface area contributed by atoms with E-state index < -0.39 is 0 Å². The van der Waals surface area contributed by atoms with Crippen molar-refractivity contribution in [3.8, 4) is 0 Å². The van der Waals surface area contributed by atoms with E-state index >= 15 is 0 Å². The van der Waals surface area contributed by atoms with Gasteiger partial charge in [0, 0.05) is 30.7 Å². The quantitative estimate of drug-likeness (QED) is 0.749. The molecule has 0 aliphatic carbocycles. The van der Waals surface area contributed by atoms with Crippen LogP contribution in [0.1, 0.15) is 73.6 Å². The molecule has 114 valence electrons. The Kier molecular flexibility index (Phi) is 6.82. The van der Waals surface area contributed by atoms with Crippen molar-refractivity contribution in [2.45, 2.75) is 91.3 Å². The van der Waals surface area contributed by atoms with E-state index in [1.807, 2.05) is 0 Å². The van der Waals surface area contributed by atoms with Crippen LogP contribution < -0.4 is 5.32 Å². The summed E-state index contributed by atoms with van der Waals surface area (Å²) in [5.74, 6) is 0.789. The standard InChI is InChI=1S/C17H36N2/c1-7-10-15(6)19-12-16(11-14(4)5)18-13-17(19,8-2)9-3/h14-16,18H,7-13H2,1-6H3. The third kappa shape index (κ3) is 4.19. The Morgan fingerprint density at radius 1 is 1.16 bits per heavy atom. The molecule has 1 rings (SSSR count). The predicted octanol–water partition coefficient (Wildman–Crippen LogP) is 4.05. The molecule has 0 aromatic rings. The zero-order valence-corrected chi connectivity index (χ0v) is 14.1. The van der Waals surface area contributed by atoms with Crippen LogP contribution in [0.5, 0.6) is 0 Å². The van der Waals surface area contributed by atoms with Gasteiger partial charge in [-0.2, -0.15) is 0 Å². The number of hydrogen-bond acceptors (Lipinski definition) is 2. The van der Waals surface area contributed by atoms with Gasteiger partial charge in [-0.25, -0.2) is 0 Å². The molecule has 2 heteroatoms. The van der Waals surface area contributed by atoms with E-state index in [-0.39, 0.29) is 0 Å². The number of piperazine rings is 1. The van der Waals surface area contributed by atoms with Crippen molar-refractivity contribution in [3.63, 3.8) is 0 Å². The Labute approximate surface area is 121 Å². The fourth-order valence-corrected chi connectivity index (χ4v) is 3.79. The molecule has 0 spiro atoms. The summed E-state index contributed by atoms with van der Waals surface area (Å²) in [6.07, 6.45) is 6.45. The van der Waals surface area contributed by atoms with Crippen LogP contribution in [0.25, 0.3) is 0 Å². The highest BCUT2D eigenvalue weighted by Crippen LogP contribution is 2.31. The summed E-state index contributed by atoms with van der Waals surface area (Å²) >= 11 is 0. The summed E-state index contributed by atoms with van der Waals surface area (Å²) in [6.45, 7) is 16.5. The van der Waals surface area contributed by atoms with Crippen molar-refractivity contribution >= 4 is 0 Å². The molecule has 1 heterocycles. The van der Waals surface area contributed by atoms with Crippen LogP contribution in [-0.4, -0.2) is 35.6 Å². The maximum atomic E-state index is 3.83. The van der Waals surface area contributed by atoms with Crippen LogP contribution in [0.15, 0.2) is 0 Å². The maximum absolute atomic E-state index is 3.83. The lowest BCUT2D eigenvalue weighted by molar-refractivity contribution is -0.00519. The molecule has 0 aromatic heterocycles. The largest absolute Gasteiger partial charge is 0.311 e. The Morgan fingerprint density at radius 2 is 1.79 bits per heavy atom. The third-order valence-electron chi connectivity index (χ3n) is 5.06. The average Bonchev–Trinajstić information content (AvgIpc) is 2.38. The first-order valence-corrected chi connectivity index (χ1v) is 8.49. The van der Waals surface area contributed by atoms with Gasteiger partial charge in [-0.15, -0.1) is 0 Å². The van der Waals surface area contributed by atoms with E-state index in [1.165, 1.54) is 45.2 Å². The minimum atomic E-state index is 0.391. The topological polar surface area (TPSA) is 15.3 Å². The summed E-state index contributed by atoms with van der Waals surface area (Å²) in [7, 11) is 0. The van der Waals surface area contributed by atoms with Gasteiger partial charge in [0.2, 0.25) is 0 Å². The molecule has 0 radical (unpaired) electrons. The minimum absolute atomic E-state index is 0.391. The molecule has 0 saturated carbocycles. The van der Waals surface area contributed by atoms with Gasteiger partial charge in [-0.3, -0.25) is 4.90 Å². The van der Waals surface area contributed by atoms with Gasteiger partial charge in [0.15, 0.2) is 0 Å². The second kappa shape index (κ2) is 7.64. The molecular formula is C17H36N2. The highest BCUT2D eigenvalue weighted by atomic mass is 15.3. The van der Waals surface area contributed by atoms with Gasteiger partial charge < -0.3 is 5.32 Å². The van der Waals surface area contributed by atoms with Crippen LogP contribution >= 0.6 is 0 Å². The second-order valence-electron chi connectivity index (χ2n) is 6.93. The van der Waals surface area contributed by atoms with Crippen LogP contribution in [0, 0.1) is 5.92 Å². The highest BCUT2D eigenvalue weighted by Gasteiger charge is 2.40. The summed E-state index contributed by atoms with van der Waals surface area (Å²) in [5, 5.41) is 3.83. The van der Waals surface area contributed by atoms with E-state index in [9.17, 15) is 0 Å². The Balaban J connectivity index is 2.79. The normalized spacial score (nSPS) is 25.7. The molecular weight excluding hydrogens is 232 g/mol. The molecule has 2 nitrogen and oxygen atoms in total. The Hall–Kier alpha value is -0.0800. The Bertz CT molecular complexity index is 246. The van der Waals surface area contributed by atoms with Gasteiger partial charge in [-0.05, 0) is 38.5 Å². The molecule has 1 N–H and O–H groups in total. The number of nitrogens with one attached hydrogen (secondary N) is 1. The molecule has 0 bridgehead atoms. The predicted molar refractivity (Wildman–Crippen MR) is 85.6 cm³/mol. The van der Waals surface area contributed by atoms with Crippen molar-refractivity contribution in [2.24, 2.45) is 5.92 Å². The van der Waals surface area contributed by atoms with Crippen molar-refractivity contribution in [1.29, 1.82) is 0 Å². The molecule has 2 unspecified atom stereocenters. The van der Waals surface area contributed by atoms with E-state index in [2.05, 4.69) is 51.8 Å². The number of hydrogen-bond donors (Lipinski definition) is 1. The Morgan fingerprint density at radius 3 is 2.26 bits per heavy atom. The van der Waals surface area contributed by atoms with Crippen molar-refractivity contribution in [2.75, 3.05) is 13.1 Å². The van der Waals surface area contributed by atoms with E-state index in [0.717, 1.165) is 12.0 Å². The lowest BCUT2D eigenvalue weighted by Crippen LogP contribution is -2.66. The van der Waals surface area contributed by atoms with Crippen LogP contribution in [-0.2, 0) is 0 Å². The van der Waals surface area contributed by atoms with Crippen molar-refractivity contribution in [1.82, 2.24) is 10.2 Å². The molecule has 1 saturated heterocycles. The van der Waals surface area contributed by atoms with Crippen LogP contribution in [0.3, 0.4) is 0 Å². The summed E-state index contributed by atoms with van der Waals surface area (Å²) in [5.41, 5.74) is 0.391. The zero-order chi connectivity index (χ0) is 14.5. The maximum Gasteiger partial charge on any atom is 0.0332 e. The minimum Gasteiger partial charge on any atom is -0.311 e. The molecule has 2 atom stereocenters. The molecule has 1 aliphatic rings. The molecule has 0 aromatic carbocycles. The molecule has 1 aliphatic heterocycles. The molecule has 0 amide bonds. The first-order valence-electron chi connectivity index (χ1n) is 8.49. The fraction of sp³-hybridized carbons (Fsp3) is 1.00. The van der Waals surface area contributed by atoms with E-state index in [0.29, 0.717) is 11.6 Å². The van der Waals surface area contributed by atoms with Gasteiger partial charge >= 0.3 is 0 Å². The monoisotopic (exact) mass is 268 g/mol. The summed E-state index contributed by atoms with van der Waals surface area (Å²) < 4.78 is 0. The van der Waals surface area contributed by atoms with Gasteiger partial charge in [0.25, 0.3) is 0 Å². The summed E-state index contributed by atoms with van der Waals surface area (Å²) in [4.78, 5) is 2.83. The lowest BCUT2D eigenvalue weighted by Gasteiger charge is -2.52. The fourth-order valence-electron chi connectivity index (χ4n) is 3.79. The lowest BCUT2D eigenvalue weighted by atomic mass is 9.84. The molecule has 1 fully saturated rings. The van der Waals surface area contributed by atoms with Crippen molar-refractivity contribution in [3.05, 3.63) is 0 Å². The van der Waals surface area contributed by atoms with Crippen molar-refractivity contribution < 1.29 is 0 Å². The third-order valence-corrected chi connectivity index (χ3v) is 5.06. The van der Waals surface area contributed by atoms with Gasteiger partial charge in [0.1, 0.15) is 0 Å². The van der Waals surface area contributed by atoms with Crippen LogP contribution in [0.2, 0.25) is 0 Å². The zero-order valence-electron chi connectivity index (χ0n) is 14.1. The van der Waals surface area contributed by atoms with E-state index in [1.54, 1.807) is 0 Å². The first kappa shape index (κ1) is 17.0. The SMILES string of the molecule is CCCC(C)N1CC(CC(C)C)NCC1(CC)CC. The van der Waals surface area contributed by atoms with Crippen LogP contribution in [0.4, 0.5) is 0 Å². The first-order chi connectivity index (χ1) is 8.99.